The third kappa shape index (κ3) is 4.29. The molecule has 2 aromatic rings. The zero-order chi connectivity index (χ0) is 18.4. The first-order valence-corrected chi connectivity index (χ1v) is 8.73. The fraction of sp³-hybridized carbons (Fsp3) is 0.421. The Labute approximate surface area is 153 Å². The van der Waals surface area contributed by atoms with Gasteiger partial charge in [-0.05, 0) is 31.0 Å². The van der Waals surface area contributed by atoms with Crippen molar-refractivity contribution < 1.29 is 14.3 Å². The number of ether oxygens (including phenoxy) is 2. The molecule has 0 unspecified atom stereocenters. The van der Waals surface area contributed by atoms with Crippen LogP contribution in [0.25, 0.3) is 11.1 Å². The summed E-state index contributed by atoms with van der Waals surface area (Å²) in [4.78, 5) is 22.5. The Hall–Kier alpha value is -2.67. The molecule has 0 radical (unpaired) electrons. The van der Waals surface area contributed by atoms with E-state index < -0.39 is 0 Å². The maximum Gasteiger partial charge on any atom is 0.318 e. The predicted molar refractivity (Wildman–Crippen MR) is 97.9 cm³/mol. The van der Waals surface area contributed by atoms with Crippen LogP contribution in [0.5, 0.6) is 5.75 Å². The lowest BCUT2D eigenvalue weighted by atomic mass is 10.0. The molecule has 1 aromatic heterocycles. The molecule has 0 bridgehead atoms. The quantitative estimate of drug-likeness (QED) is 0.833. The van der Waals surface area contributed by atoms with Gasteiger partial charge in [-0.25, -0.2) is 14.8 Å². The number of urea groups is 1. The van der Waals surface area contributed by atoms with Crippen LogP contribution in [0.2, 0.25) is 0 Å². The SMILES string of the molecule is COCCCNC(=O)N1Cc2cc(-c3cncnc3)ccc2OC[C@H]1C. The van der Waals surface area contributed by atoms with E-state index in [0.29, 0.717) is 26.3 Å². The lowest BCUT2D eigenvalue weighted by molar-refractivity contribution is 0.154. The molecule has 1 atom stereocenters. The number of carbonyl (C=O) groups is 1. The number of aromatic nitrogens is 2. The van der Waals surface area contributed by atoms with Crippen molar-refractivity contribution in [1.29, 1.82) is 0 Å². The molecule has 26 heavy (non-hydrogen) atoms. The zero-order valence-electron chi connectivity index (χ0n) is 15.1. The molecule has 2 amide bonds. The van der Waals surface area contributed by atoms with Crippen molar-refractivity contribution in [1.82, 2.24) is 20.2 Å². The summed E-state index contributed by atoms with van der Waals surface area (Å²) in [6.07, 6.45) is 5.84. The van der Waals surface area contributed by atoms with Crippen LogP contribution in [0.1, 0.15) is 18.9 Å². The number of amides is 2. The topological polar surface area (TPSA) is 76.6 Å². The van der Waals surface area contributed by atoms with Gasteiger partial charge in [-0.15, -0.1) is 0 Å². The molecule has 1 aliphatic heterocycles. The minimum atomic E-state index is -0.0847. The fourth-order valence-electron chi connectivity index (χ4n) is 2.90. The van der Waals surface area contributed by atoms with Crippen molar-refractivity contribution in [3.63, 3.8) is 0 Å². The van der Waals surface area contributed by atoms with Crippen LogP contribution in [0.15, 0.2) is 36.9 Å². The van der Waals surface area contributed by atoms with Crippen LogP contribution in [0.4, 0.5) is 4.79 Å². The molecule has 1 aliphatic rings. The van der Waals surface area contributed by atoms with Crippen molar-refractivity contribution in [3.8, 4) is 16.9 Å². The standard InChI is InChI=1S/C19H24N4O3/c1-14-12-26-18-5-4-15(17-9-20-13-21-10-17)8-16(18)11-23(14)19(24)22-6-3-7-25-2/h4-5,8-10,13-14H,3,6-7,11-12H2,1-2H3,(H,22,24)/t14-/m1/s1. The molecule has 2 heterocycles. The molecule has 7 nitrogen and oxygen atoms in total. The second kappa shape index (κ2) is 8.62. The summed E-state index contributed by atoms with van der Waals surface area (Å²) in [6.45, 7) is 4.17. The summed E-state index contributed by atoms with van der Waals surface area (Å²) in [5.74, 6) is 0.812. The van der Waals surface area contributed by atoms with Gasteiger partial charge in [0.15, 0.2) is 0 Å². The second-order valence-electron chi connectivity index (χ2n) is 6.32. The van der Waals surface area contributed by atoms with Crippen LogP contribution in [-0.2, 0) is 11.3 Å². The summed E-state index contributed by atoms with van der Waals surface area (Å²) >= 11 is 0. The lowest BCUT2D eigenvalue weighted by Gasteiger charge is -2.26. The Balaban J connectivity index is 1.76. The third-order valence-electron chi connectivity index (χ3n) is 4.37. The number of hydrogen-bond donors (Lipinski definition) is 1. The molecule has 0 fully saturated rings. The number of nitrogens with one attached hydrogen (secondary N) is 1. The summed E-state index contributed by atoms with van der Waals surface area (Å²) in [7, 11) is 1.66. The number of fused-ring (bicyclic) bond motifs is 1. The van der Waals surface area contributed by atoms with Crippen LogP contribution < -0.4 is 10.1 Å². The predicted octanol–water partition coefficient (Wildman–Crippen LogP) is 2.47. The van der Waals surface area contributed by atoms with Crippen molar-refractivity contribution in [2.45, 2.75) is 25.9 Å². The monoisotopic (exact) mass is 356 g/mol. The van der Waals surface area contributed by atoms with E-state index in [0.717, 1.165) is 28.9 Å². The molecule has 1 aromatic carbocycles. The van der Waals surface area contributed by atoms with E-state index in [1.807, 2.05) is 30.0 Å². The number of carbonyl (C=O) groups excluding carboxylic acids is 1. The van der Waals surface area contributed by atoms with Crippen LogP contribution in [-0.4, -0.2) is 53.8 Å². The van der Waals surface area contributed by atoms with Gasteiger partial charge in [-0.2, -0.15) is 0 Å². The van der Waals surface area contributed by atoms with Crippen molar-refractivity contribution >= 4 is 6.03 Å². The summed E-state index contributed by atoms with van der Waals surface area (Å²) < 4.78 is 10.9. The molecule has 7 heteroatoms. The highest BCUT2D eigenvalue weighted by Crippen LogP contribution is 2.30. The van der Waals surface area contributed by atoms with Gasteiger partial charge in [0.05, 0.1) is 12.6 Å². The van der Waals surface area contributed by atoms with Gasteiger partial charge in [-0.3, -0.25) is 0 Å². The van der Waals surface area contributed by atoms with Gasteiger partial charge in [0.25, 0.3) is 0 Å². The number of hydrogen-bond acceptors (Lipinski definition) is 5. The van der Waals surface area contributed by atoms with Crippen LogP contribution >= 0.6 is 0 Å². The number of benzene rings is 1. The molecule has 138 valence electrons. The maximum absolute atomic E-state index is 12.6. The van der Waals surface area contributed by atoms with Gasteiger partial charge in [-0.1, -0.05) is 6.07 Å². The molecular formula is C19H24N4O3. The first-order valence-electron chi connectivity index (χ1n) is 8.73. The molecule has 0 spiro atoms. The largest absolute Gasteiger partial charge is 0.491 e. The smallest absolute Gasteiger partial charge is 0.318 e. The maximum atomic E-state index is 12.6. The van der Waals surface area contributed by atoms with Crippen molar-refractivity contribution in [2.75, 3.05) is 26.9 Å². The van der Waals surface area contributed by atoms with E-state index in [4.69, 9.17) is 9.47 Å². The van der Waals surface area contributed by atoms with Crippen molar-refractivity contribution in [3.05, 3.63) is 42.5 Å². The third-order valence-corrected chi connectivity index (χ3v) is 4.37. The van der Waals surface area contributed by atoms with Gasteiger partial charge in [0.2, 0.25) is 0 Å². The van der Waals surface area contributed by atoms with Gasteiger partial charge >= 0.3 is 6.03 Å². The van der Waals surface area contributed by atoms with Crippen molar-refractivity contribution in [2.24, 2.45) is 0 Å². The lowest BCUT2D eigenvalue weighted by Crippen LogP contribution is -2.46. The van der Waals surface area contributed by atoms with E-state index >= 15 is 0 Å². The minimum Gasteiger partial charge on any atom is -0.491 e. The number of methoxy groups -OCH3 is 1. The normalized spacial score (nSPS) is 16.4. The molecule has 0 saturated carbocycles. The van der Waals surface area contributed by atoms with E-state index in [1.165, 1.54) is 6.33 Å². The summed E-state index contributed by atoms with van der Waals surface area (Å²) in [5, 5.41) is 2.95. The Bertz CT molecular complexity index is 739. The van der Waals surface area contributed by atoms with E-state index in [-0.39, 0.29) is 12.1 Å². The molecule has 0 saturated heterocycles. The van der Waals surface area contributed by atoms with Crippen LogP contribution in [0.3, 0.4) is 0 Å². The Morgan fingerprint density at radius 3 is 2.92 bits per heavy atom. The average Bonchev–Trinajstić information content (AvgIpc) is 2.84. The van der Waals surface area contributed by atoms with Gasteiger partial charge in [0, 0.05) is 43.8 Å². The summed E-state index contributed by atoms with van der Waals surface area (Å²) in [5.41, 5.74) is 2.91. The van der Waals surface area contributed by atoms with E-state index in [9.17, 15) is 4.79 Å². The Morgan fingerprint density at radius 2 is 2.15 bits per heavy atom. The highest BCUT2D eigenvalue weighted by Gasteiger charge is 2.25. The molecule has 3 rings (SSSR count). The molecule has 0 aliphatic carbocycles. The zero-order valence-corrected chi connectivity index (χ0v) is 15.1. The average molecular weight is 356 g/mol. The Morgan fingerprint density at radius 1 is 1.35 bits per heavy atom. The van der Waals surface area contributed by atoms with Crippen LogP contribution in [0, 0.1) is 0 Å². The Kier molecular flexibility index (Phi) is 6.01. The molecule has 1 N–H and O–H groups in total. The van der Waals surface area contributed by atoms with E-state index in [2.05, 4.69) is 15.3 Å². The number of nitrogens with zero attached hydrogens (tertiary/aromatic N) is 3. The molecular weight excluding hydrogens is 332 g/mol. The summed E-state index contributed by atoms with van der Waals surface area (Å²) in [6, 6.07) is 5.87. The van der Waals surface area contributed by atoms with E-state index in [1.54, 1.807) is 19.5 Å². The second-order valence-corrected chi connectivity index (χ2v) is 6.32. The first kappa shape index (κ1) is 18.1. The first-order chi connectivity index (χ1) is 12.7. The van der Waals surface area contributed by atoms with Gasteiger partial charge < -0.3 is 19.7 Å². The van der Waals surface area contributed by atoms with Gasteiger partial charge in [0.1, 0.15) is 18.7 Å². The number of rotatable bonds is 5. The fourth-order valence-corrected chi connectivity index (χ4v) is 2.90. The highest BCUT2D eigenvalue weighted by molar-refractivity contribution is 5.75. The highest BCUT2D eigenvalue weighted by atomic mass is 16.5. The minimum absolute atomic E-state index is 0.0201.